The van der Waals surface area contributed by atoms with Crippen molar-refractivity contribution < 1.29 is 14.0 Å². The monoisotopic (exact) mass is 386 g/mol. The van der Waals surface area contributed by atoms with E-state index in [9.17, 15) is 14.0 Å². The summed E-state index contributed by atoms with van der Waals surface area (Å²) in [6.45, 7) is 1.16. The Balaban J connectivity index is 1.42. The first-order valence-electron chi connectivity index (χ1n) is 9.47. The summed E-state index contributed by atoms with van der Waals surface area (Å²) in [5, 5.41) is 4.96. The van der Waals surface area contributed by atoms with Gasteiger partial charge in [-0.05, 0) is 61.2 Å². The number of thiophene rings is 1. The van der Waals surface area contributed by atoms with Crippen LogP contribution in [0.4, 0.5) is 4.39 Å². The molecule has 2 fully saturated rings. The van der Waals surface area contributed by atoms with Gasteiger partial charge < -0.3 is 10.2 Å². The van der Waals surface area contributed by atoms with E-state index in [0.29, 0.717) is 24.4 Å². The maximum absolute atomic E-state index is 13.2. The lowest BCUT2D eigenvalue weighted by molar-refractivity contribution is -0.126. The van der Waals surface area contributed by atoms with Crippen LogP contribution in [0.2, 0.25) is 0 Å². The van der Waals surface area contributed by atoms with E-state index >= 15 is 0 Å². The number of benzene rings is 1. The molecule has 6 heteroatoms. The Kier molecular flexibility index (Phi) is 5.00. The fourth-order valence-corrected chi connectivity index (χ4v) is 4.56. The number of piperidine rings is 1. The molecule has 0 spiro atoms. The van der Waals surface area contributed by atoms with Gasteiger partial charge in [-0.15, -0.1) is 11.3 Å². The summed E-state index contributed by atoms with van der Waals surface area (Å²) in [5.41, 5.74) is 0.986. The predicted octanol–water partition coefficient (Wildman–Crippen LogP) is 3.73. The summed E-state index contributed by atoms with van der Waals surface area (Å²) in [4.78, 5) is 28.0. The van der Waals surface area contributed by atoms with E-state index in [1.807, 2.05) is 29.6 Å². The first-order valence-corrected chi connectivity index (χ1v) is 10.4. The van der Waals surface area contributed by atoms with E-state index in [1.165, 1.54) is 23.5 Å². The molecule has 1 N–H and O–H groups in total. The molecular weight excluding hydrogens is 363 g/mol. The zero-order valence-corrected chi connectivity index (χ0v) is 15.9. The lowest BCUT2D eigenvalue weighted by Crippen LogP contribution is -2.52. The second-order valence-corrected chi connectivity index (χ2v) is 8.44. The summed E-state index contributed by atoms with van der Waals surface area (Å²) in [5.74, 6) is -0.374. The standard InChI is InChI=1S/C21H23FN2O2S/c22-16-8-6-15(7-9-16)21(10-11-21)14-23-19(25)17-4-1-2-12-24(17)20(26)18-5-3-13-27-18/h3,5-9,13,17H,1-2,4,10-12,14H2,(H,23,25). The van der Waals surface area contributed by atoms with Gasteiger partial charge in [0.1, 0.15) is 11.9 Å². The van der Waals surface area contributed by atoms with E-state index in [-0.39, 0.29) is 23.0 Å². The van der Waals surface area contributed by atoms with Gasteiger partial charge in [-0.3, -0.25) is 9.59 Å². The normalized spacial score (nSPS) is 20.9. The molecule has 1 saturated heterocycles. The van der Waals surface area contributed by atoms with Gasteiger partial charge in [-0.2, -0.15) is 0 Å². The number of amides is 2. The fraction of sp³-hybridized carbons (Fsp3) is 0.429. The van der Waals surface area contributed by atoms with Crippen molar-refractivity contribution in [1.29, 1.82) is 0 Å². The molecule has 27 heavy (non-hydrogen) atoms. The van der Waals surface area contributed by atoms with Crippen LogP contribution in [-0.4, -0.2) is 35.8 Å². The molecule has 1 aromatic carbocycles. The highest BCUT2D eigenvalue weighted by molar-refractivity contribution is 7.12. The quantitative estimate of drug-likeness (QED) is 0.851. The molecule has 1 saturated carbocycles. The Morgan fingerprint density at radius 3 is 2.63 bits per heavy atom. The largest absolute Gasteiger partial charge is 0.353 e. The van der Waals surface area contributed by atoms with Crippen molar-refractivity contribution in [1.82, 2.24) is 10.2 Å². The van der Waals surface area contributed by atoms with Crippen LogP contribution in [0, 0.1) is 5.82 Å². The number of nitrogens with one attached hydrogen (secondary N) is 1. The third-order valence-corrected chi connectivity index (χ3v) is 6.57. The highest BCUT2D eigenvalue weighted by atomic mass is 32.1. The number of hydrogen-bond donors (Lipinski definition) is 1. The molecular formula is C21H23FN2O2S. The number of carbonyl (C=O) groups is 2. The van der Waals surface area contributed by atoms with E-state index in [0.717, 1.165) is 31.2 Å². The Bertz CT molecular complexity index is 815. The van der Waals surface area contributed by atoms with Crippen LogP contribution in [0.15, 0.2) is 41.8 Å². The van der Waals surface area contributed by atoms with Crippen molar-refractivity contribution in [2.45, 2.75) is 43.6 Å². The van der Waals surface area contributed by atoms with Crippen LogP contribution in [-0.2, 0) is 10.2 Å². The number of rotatable bonds is 5. The number of halogens is 1. The van der Waals surface area contributed by atoms with Crippen molar-refractivity contribution in [3.8, 4) is 0 Å². The average molecular weight is 386 g/mol. The van der Waals surface area contributed by atoms with Gasteiger partial charge in [0.25, 0.3) is 5.91 Å². The second-order valence-electron chi connectivity index (χ2n) is 7.49. The topological polar surface area (TPSA) is 49.4 Å². The zero-order chi connectivity index (χ0) is 18.9. The number of hydrogen-bond acceptors (Lipinski definition) is 3. The van der Waals surface area contributed by atoms with Crippen molar-refractivity contribution >= 4 is 23.2 Å². The summed E-state index contributed by atoms with van der Waals surface area (Å²) in [6, 6.07) is 9.82. The van der Waals surface area contributed by atoms with Gasteiger partial charge in [0.2, 0.25) is 5.91 Å². The molecule has 2 aliphatic rings. The third-order valence-electron chi connectivity index (χ3n) is 5.71. The van der Waals surface area contributed by atoms with E-state index in [4.69, 9.17) is 0 Å². The molecule has 4 nitrogen and oxygen atoms in total. The van der Waals surface area contributed by atoms with Crippen LogP contribution in [0.1, 0.15) is 47.3 Å². The molecule has 1 aliphatic heterocycles. The minimum atomic E-state index is -0.405. The number of likely N-dealkylation sites (tertiary alicyclic amines) is 1. The average Bonchev–Trinajstić information content (AvgIpc) is 3.29. The lowest BCUT2D eigenvalue weighted by atomic mass is 9.95. The molecule has 2 heterocycles. The molecule has 2 aromatic rings. The van der Waals surface area contributed by atoms with Crippen LogP contribution in [0.3, 0.4) is 0 Å². The highest BCUT2D eigenvalue weighted by Gasteiger charge is 2.45. The Hall–Kier alpha value is -2.21. The fourth-order valence-electron chi connectivity index (χ4n) is 3.88. The first-order chi connectivity index (χ1) is 13.1. The van der Waals surface area contributed by atoms with Crippen LogP contribution in [0.25, 0.3) is 0 Å². The Morgan fingerprint density at radius 1 is 1.19 bits per heavy atom. The van der Waals surface area contributed by atoms with Crippen molar-refractivity contribution in [3.05, 3.63) is 58.0 Å². The molecule has 0 bridgehead atoms. The SMILES string of the molecule is O=C(NCC1(c2ccc(F)cc2)CC1)C1CCCCN1C(=O)c1cccs1. The molecule has 1 unspecified atom stereocenters. The van der Waals surface area contributed by atoms with Gasteiger partial charge in [0.15, 0.2) is 0 Å². The van der Waals surface area contributed by atoms with Gasteiger partial charge in [-0.25, -0.2) is 4.39 Å². The van der Waals surface area contributed by atoms with E-state index in [2.05, 4.69) is 5.32 Å². The second kappa shape index (κ2) is 7.43. The van der Waals surface area contributed by atoms with Crippen LogP contribution < -0.4 is 5.32 Å². The number of nitrogens with zero attached hydrogens (tertiary/aromatic N) is 1. The molecule has 142 valence electrons. The minimum absolute atomic E-state index is 0.0514. The van der Waals surface area contributed by atoms with Crippen molar-refractivity contribution in [2.24, 2.45) is 0 Å². The summed E-state index contributed by atoms with van der Waals surface area (Å²) >= 11 is 1.41. The smallest absolute Gasteiger partial charge is 0.264 e. The first kappa shape index (κ1) is 18.2. The van der Waals surface area contributed by atoms with Crippen LogP contribution in [0.5, 0.6) is 0 Å². The predicted molar refractivity (Wildman–Crippen MR) is 103 cm³/mol. The van der Waals surface area contributed by atoms with Crippen molar-refractivity contribution in [3.63, 3.8) is 0 Å². The third kappa shape index (κ3) is 3.76. The van der Waals surface area contributed by atoms with E-state index < -0.39 is 6.04 Å². The minimum Gasteiger partial charge on any atom is -0.353 e. The molecule has 1 aliphatic carbocycles. The van der Waals surface area contributed by atoms with Gasteiger partial charge in [0, 0.05) is 18.5 Å². The summed E-state index contributed by atoms with van der Waals surface area (Å²) in [6.07, 6.45) is 4.56. The maximum atomic E-state index is 13.2. The van der Waals surface area contributed by atoms with Gasteiger partial charge in [0.05, 0.1) is 4.88 Å². The van der Waals surface area contributed by atoms with E-state index in [1.54, 1.807) is 4.90 Å². The molecule has 0 radical (unpaired) electrons. The Labute approximate surface area is 162 Å². The molecule has 4 rings (SSSR count). The number of carbonyl (C=O) groups excluding carboxylic acids is 2. The van der Waals surface area contributed by atoms with Crippen molar-refractivity contribution in [2.75, 3.05) is 13.1 Å². The summed E-state index contributed by atoms with van der Waals surface area (Å²) < 4.78 is 13.2. The van der Waals surface area contributed by atoms with Gasteiger partial charge in [-0.1, -0.05) is 18.2 Å². The summed E-state index contributed by atoms with van der Waals surface area (Å²) in [7, 11) is 0. The van der Waals surface area contributed by atoms with Crippen LogP contribution >= 0.6 is 11.3 Å². The highest BCUT2D eigenvalue weighted by Crippen LogP contribution is 2.47. The van der Waals surface area contributed by atoms with Gasteiger partial charge >= 0.3 is 0 Å². The maximum Gasteiger partial charge on any atom is 0.264 e. The molecule has 2 amide bonds. The zero-order valence-electron chi connectivity index (χ0n) is 15.1. The molecule has 1 aromatic heterocycles. The lowest BCUT2D eigenvalue weighted by Gasteiger charge is -2.34. The Morgan fingerprint density at radius 2 is 1.96 bits per heavy atom. The molecule has 1 atom stereocenters.